The van der Waals surface area contributed by atoms with Gasteiger partial charge in [-0.15, -0.1) is 0 Å². The first-order valence-electron chi connectivity index (χ1n) is 7.83. The van der Waals surface area contributed by atoms with E-state index in [9.17, 15) is 4.79 Å². The van der Waals surface area contributed by atoms with Crippen molar-refractivity contribution in [2.45, 2.75) is 38.3 Å². The summed E-state index contributed by atoms with van der Waals surface area (Å²) in [7, 11) is 0. The highest BCUT2D eigenvalue weighted by molar-refractivity contribution is 5.83. The Morgan fingerprint density at radius 2 is 2.00 bits per heavy atom. The van der Waals surface area contributed by atoms with Crippen molar-refractivity contribution in [2.75, 3.05) is 19.7 Å². The van der Waals surface area contributed by atoms with E-state index in [0.29, 0.717) is 31.5 Å². The minimum atomic E-state index is 0.0375. The predicted molar refractivity (Wildman–Crippen MR) is 71.3 cm³/mol. The summed E-state index contributed by atoms with van der Waals surface area (Å²) in [5.74, 6) is 3.96. The molecule has 6 atom stereocenters. The van der Waals surface area contributed by atoms with Crippen LogP contribution < -0.4 is 5.73 Å². The Balaban J connectivity index is 1.46. The van der Waals surface area contributed by atoms with Crippen molar-refractivity contribution < 1.29 is 9.53 Å². The van der Waals surface area contributed by atoms with E-state index in [0.717, 1.165) is 23.7 Å². The lowest BCUT2D eigenvalue weighted by Crippen LogP contribution is -2.53. The van der Waals surface area contributed by atoms with E-state index in [2.05, 4.69) is 11.8 Å². The SMILES string of the molecule is CC1COC(CN)CN1C(=O)C1C2C3CCC(C3)C12. The molecule has 1 aliphatic heterocycles. The number of hydrogen-bond acceptors (Lipinski definition) is 3. The van der Waals surface area contributed by atoms with E-state index in [4.69, 9.17) is 10.5 Å². The molecule has 1 amide bonds. The molecule has 0 radical (unpaired) electrons. The highest BCUT2D eigenvalue weighted by Crippen LogP contribution is 2.69. The molecule has 3 aliphatic carbocycles. The van der Waals surface area contributed by atoms with Gasteiger partial charge < -0.3 is 15.4 Å². The molecule has 4 heteroatoms. The minimum Gasteiger partial charge on any atom is -0.373 e. The number of hydrogen-bond donors (Lipinski definition) is 1. The zero-order valence-corrected chi connectivity index (χ0v) is 11.6. The molecule has 2 bridgehead atoms. The van der Waals surface area contributed by atoms with Gasteiger partial charge in [-0.25, -0.2) is 0 Å². The Morgan fingerprint density at radius 1 is 1.32 bits per heavy atom. The summed E-state index contributed by atoms with van der Waals surface area (Å²) >= 11 is 0. The number of ether oxygens (including phenoxy) is 1. The van der Waals surface area contributed by atoms with E-state index in [1.807, 2.05) is 0 Å². The van der Waals surface area contributed by atoms with Gasteiger partial charge in [-0.05, 0) is 49.9 Å². The topological polar surface area (TPSA) is 55.6 Å². The van der Waals surface area contributed by atoms with Crippen LogP contribution in [0.15, 0.2) is 0 Å². The number of amides is 1. The summed E-state index contributed by atoms with van der Waals surface area (Å²) in [4.78, 5) is 14.9. The number of carbonyl (C=O) groups excluding carboxylic acids is 1. The van der Waals surface area contributed by atoms with Crippen LogP contribution in [0.2, 0.25) is 0 Å². The molecule has 4 aliphatic rings. The summed E-state index contributed by atoms with van der Waals surface area (Å²) in [6.45, 7) is 3.95. The maximum Gasteiger partial charge on any atom is 0.226 e. The highest BCUT2D eigenvalue weighted by atomic mass is 16.5. The molecule has 3 saturated carbocycles. The Kier molecular flexibility index (Phi) is 2.68. The Bertz CT molecular complexity index is 384. The van der Waals surface area contributed by atoms with Crippen molar-refractivity contribution >= 4 is 5.91 Å². The van der Waals surface area contributed by atoms with Crippen LogP contribution in [-0.2, 0) is 9.53 Å². The van der Waals surface area contributed by atoms with E-state index in [1.54, 1.807) is 0 Å². The Hall–Kier alpha value is -0.610. The van der Waals surface area contributed by atoms with Gasteiger partial charge in [0.15, 0.2) is 0 Å². The zero-order valence-electron chi connectivity index (χ0n) is 11.6. The molecule has 106 valence electrons. The van der Waals surface area contributed by atoms with Crippen molar-refractivity contribution in [3.63, 3.8) is 0 Å². The van der Waals surface area contributed by atoms with Gasteiger partial charge in [-0.3, -0.25) is 4.79 Å². The predicted octanol–water partition coefficient (Wildman–Crippen LogP) is 0.853. The first-order valence-corrected chi connectivity index (χ1v) is 7.83. The molecular weight excluding hydrogens is 240 g/mol. The van der Waals surface area contributed by atoms with Crippen LogP contribution in [0, 0.1) is 29.6 Å². The van der Waals surface area contributed by atoms with Crippen LogP contribution >= 0.6 is 0 Å². The molecule has 2 N–H and O–H groups in total. The number of morpholine rings is 1. The lowest BCUT2D eigenvalue weighted by molar-refractivity contribution is -0.146. The maximum absolute atomic E-state index is 12.8. The van der Waals surface area contributed by atoms with Gasteiger partial charge in [0, 0.05) is 19.0 Å². The van der Waals surface area contributed by atoms with E-state index >= 15 is 0 Å². The van der Waals surface area contributed by atoms with Crippen molar-refractivity contribution in [1.29, 1.82) is 0 Å². The quantitative estimate of drug-likeness (QED) is 0.804. The van der Waals surface area contributed by atoms with E-state index in [1.165, 1.54) is 19.3 Å². The Morgan fingerprint density at radius 3 is 2.63 bits per heavy atom. The standard InChI is InChI=1S/C15H24N2O2/c1-8-7-19-11(5-16)6-17(8)15(18)14-12-9-2-3-10(4-9)13(12)14/h8-14H,2-7,16H2,1H3. The number of carbonyl (C=O) groups is 1. The smallest absolute Gasteiger partial charge is 0.226 e. The van der Waals surface area contributed by atoms with Gasteiger partial charge in [-0.2, -0.15) is 0 Å². The molecule has 4 fully saturated rings. The lowest BCUT2D eigenvalue weighted by atomic mass is 10.0. The van der Waals surface area contributed by atoms with Crippen molar-refractivity contribution in [3.05, 3.63) is 0 Å². The van der Waals surface area contributed by atoms with Crippen molar-refractivity contribution in [2.24, 2.45) is 35.3 Å². The molecule has 19 heavy (non-hydrogen) atoms. The zero-order chi connectivity index (χ0) is 13.1. The second-order valence-corrected chi connectivity index (χ2v) is 7.04. The normalized spacial score (nSPS) is 51.3. The van der Waals surface area contributed by atoms with Gasteiger partial charge in [-0.1, -0.05) is 0 Å². The largest absolute Gasteiger partial charge is 0.373 e. The van der Waals surface area contributed by atoms with Gasteiger partial charge >= 0.3 is 0 Å². The average molecular weight is 264 g/mol. The summed E-state index contributed by atoms with van der Waals surface area (Å²) in [5.41, 5.74) is 5.69. The van der Waals surface area contributed by atoms with Gasteiger partial charge in [0.05, 0.1) is 18.8 Å². The van der Waals surface area contributed by atoms with Crippen LogP contribution in [0.4, 0.5) is 0 Å². The van der Waals surface area contributed by atoms with Gasteiger partial charge in [0.25, 0.3) is 0 Å². The number of nitrogens with two attached hydrogens (primary N) is 1. The molecule has 1 saturated heterocycles. The fourth-order valence-electron chi connectivity index (χ4n) is 5.11. The molecule has 0 aromatic carbocycles. The van der Waals surface area contributed by atoms with Gasteiger partial charge in [0.1, 0.15) is 0 Å². The Labute approximate surface area is 114 Å². The van der Waals surface area contributed by atoms with Crippen LogP contribution in [0.3, 0.4) is 0 Å². The first-order chi connectivity index (χ1) is 9.20. The molecule has 4 nitrogen and oxygen atoms in total. The van der Waals surface area contributed by atoms with Crippen LogP contribution in [-0.4, -0.2) is 42.6 Å². The lowest BCUT2D eigenvalue weighted by Gasteiger charge is -2.38. The van der Waals surface area contributed by atoms with Crippen molar-refractivity contribution in [1.82, 2.24) is 4.90 Å². The summed E-state index contributed by atoms with van der Waals surface area (Å²) in [6.07, 6.45) is 4.19. The fraction of sp³-hybridized carbons (Fsp3) is 0.933. The minimum absolute atomic E-state index is 0.0375. The molecular formula is C15H24N2O2. The van der Waals surface area contributed by atoms with E-state index < -0.39 is 0 Å². The third-order valence-corrected chi connectivity index (χ3v) is 6.07. The molecule has 0 aromatic rings. The van der Waals surface area contributed by atoms with Crippen molar-refractivity contribution in [3.8, 4) is 0 Å². The second-order valence-electron chi connectivity index (χ2n) is 7.04. The van der Waals surface area contributed by atoms with Crippen LogP contribution in [0.25, 0.3) is 0 Å². The third kappa shape index (κ3) is 1.69. The molecule has 4 rings (SSSR count). The van der Waals surface area contributed by atoms with Crippen LogP contribution in [0.1, 0.15) is 26.2 Å². The second kappa shape index (κ2) is 4.19. The van der Waals surface area contributed by atoms with Gasteiger partial charge in [0.2, 0.25) is 5.91 Å². The molecule has 0 spiro atoms. The number of fused-ring (bicyclic) bond motifs is 5. The molecule has 6 unspecified atom stereocenters. The summed E-state index contributed by atoms with van der Waals surface area (Å²) in [5, 5.41) is 0. The summed E-state index contributed by atoms with van der Waals surface area (Å²) in [6, 6.07) is 0.217. The first kappa shape index (κ1) is 12.2. The maximum atomic E-state index is 12.8. The third-order valence-electron chi connectivity index (χ3n) is 6.07. The number of nitrogens with zero attached hydrogens (tertiary/aromatic N) is 1. The number of rotatable bonds is 2. The molecule has 0 aromatic heterocycles. The van der Waals surface area contributed by atoms with Crippen LogP contribution in [0.5, 0.6) is 0 Å². The monoisotopic (exact) mass is 264 g/mol. The average Bonchev–Trinajstić information content (AvgIpc) is 2.86. The summed E-state index contributed by atoms with van der Waals surface area (Å²) < 4.78 is 5.65. The molecule has 1 heterocycles. The highest BCUT2D eigenvalue weighted by Gasteiger charge is 2.68. The van der Waals surface area contributed by atoms with E-state index in [-0.39, 0.29) is 12.1 Å². The fourth-order valence-corrected chi connectivity index (χ4v) is 5.11.